The summed E-state index contributed by atoms with van der Waals surface area (Å²) in [5.74, 6) is 0.894. The highest BCUT2D eigenvalue weighted by Crippen LogP contribution is 2.14. The van der Waals surface area contributed by atoms with Gasteiger partial charge in [0.25, 0.3) is 5.56 Å². The van der Waals surface area contributed by atoms with Crippen molar-refractivity contribution in [1.29, 1.82) is 0 Å². The fourth-order valence-electron chi connectivity index (χ4n) is 2.05. The first kappa shape index (κ1) is 15.5. The van der Waals surface area contributed by atoms with Crippen LogP contribution in [0.2, 0.25) is 0 Å². The van der Waals surface area contributed by atoms with Gasteiger partial charge in [0.15, 0.2) is 5.76 Å². The van der Waals surface area contributed by atoms with Crippen molar-refractivity contribution in [3.8, 4) is 11.5 Å². The van der Waals surface area contributed by atoms with Gasteiger partial charge in [-0.3, -0.25) is 9.59 Å². The molecule has 24 heavy (non-hydrogen) atoms. The van der Waals surface area contributed by atoms with Crippen LogP contribution in [0.5, 0.6) is 0 Å². The van der Waals surface area contributed by atoms with E-state index in [1.165, 1.54) is 29.4 Å². The van der Waals surface area contributed by atoms with Crippen molar-refractivity contribution < 1.29 is 13.6 Å². The van der Waals surface area contributed by atoms with Crippen LogP contribution >= 0.6 is 0 Å². The third-order valence-electron chi connectivity index (χ3n) is 3.21. The summed E-state index contributed by atoms with van der Waals surface area (Å²) >= 11 is 0. The van der Waals surface area contributed by atoms with Gasteiger partial charge in [-0.25, -0.2) is 4.68 Å². The van der Waals surface area contributed by atoms with Gasteiger partial charge in [0, 0.05) is 18.7 Å². The van der Waals surface area contributed by atoms with Crippen LogP contribution in [0.25, 0.3) is 17.5 Å². The predicted molar refractivity (Wildman–Crippen MR) is 87.0 cm³/mol. The van der Waals surface area contributed by atoms with Crippen LogP contribution in [0, 0.1) is 0 Å². The van der Waals surface area contributed by atoms with Crippen LogP contribution in [0.3, 0.4) is 0 Å². The van der Waals surface area contributed by atoms with E-state index in [0.717, 1.165) is 0 Å². The third kappa shape index (κ3) is 3.89. The van der Waals surface area contributed by atoms with Crippen molar-refractivity contribution in [2.45, 2.75) is 6.54 Å². The highest BCUT2D eigenvalue weighted by Gasteiger charge is 2.05. The summed E-state index contributed by atoms with van der Waals surface area (Å²) in [6, 6.07) is 10.0. The molecule has 0 atom stereocenters. The largest absolute Gasteiger partial charge is 0.465 e. The Morgan fingerprint density at radius 1 is 1.17 bits per heavy atom. The standard InChI is InChI=1S/C17H15N3O4/c21-16(7-5-13-3-1-11-23-13)18-9-10-20-17(22)8-6-14(19-20)15-4-2-12-24-15/h1-8,11-12H,9-10H2,(H,18,21)/b7-5+. The first-order valence-corrected chi connectivity index (χ1v) is 7.34. The zero-order valence-corrected chi connectivity index (χ0v) is 12.7. The van der Waals surface area contributed by atoms with Crippen LogP contribution in [0.1, 0.15) is 5.76 Å². The molecule has 7 nitrogen and oxygen atoms in total. The molecule has 122 valence electrons. The molecule has 0 spiro atoms. The van der Waals surface area contributed by atoms with E-state index >= 15 is 0 Å². The maximum Gasteiger partial charge on any atom is 0.266 e. The molecule has 0 aliphatic rings. The highest BCUT2D eigenvalue weighted by atomic mass is 16.3. The SMILES string of the molecule is O=C(/C=C/c1ccco1)NCCn1nc(-c2ccco2)ccc1=O. The summed E-state index contributed by atoms with van der Waals surface area (Å²) in [6.07, 6.45) is 6.01. The molecule has 0 saturated heterocycles. The molecular weight excluding hydrogens is 310 g/mol. The van der Waals surface area contributed by atoms with Crippen LogP contribution < -0.4 is 10.9 Å². The predicted octanol–water partition coefficient (Wildman–Crippen LogP) is 1.93. The quantitative estimate of drug-likeness (QED) is 0.699. The lowest BCUT2D eigenvalue weighted by atomic mass is 10.3. The van der Waals surface area contributed by atoms with Crippen LogP contribution in [-0.4, -0.2) is 22.2 Å². The zero-order chi connectivity index (χ0) is 16.8. The normalized spacial score (nSPS) is 11.0. The lowest BCUT2D eigenvalue weighted by Gasteiger charge is -2.06. The van der Waals surface area contributed by atoms with Gasteiger partial charge >= 0.3 is 0 Å². The van der Waals surface area contributed by atoms with Gasteiger partial charge in [-0.15, -0.1) is 0 Å². The molecule has 3 aromatic heterocycles. The van der Waals surface area contributed by atoms with Crippen molar-refractivity contribution in [3.63, 3.8) is 0 Å². The Hall–Kier alpha value is -3.35. The van der Waals surface area contributed by atoms with E-state index < -0.39 is 0 Å². The summed E-state index contributed by atoms with van der Waals surface area (Å²) in [4.78, 5) is 23.5. The number of carbonyl (C=O) groups is 1. The topological polar surface area (TPSA) is 90.3 Å². The van der Waals surface area contributed by atoms with E-state index in [0.29, 0.717) is 17.2 Å². The molecule has 0 unspecified atom stereocenters. The number of nitrogens with one attached hydrogen (secondary N) is 1. The number of carbonyl (C=O) groups excluding carboxylic acids is 1. The molecule has 3 aromatic rings. The minimum Gasteiger partial charge on any atom is -0.465 e. The maximum atomic E-state index is 11.8. The Bertz CT molecular complexity index is 877. The van der Waals surface area contributed by atoms with Gasteiger partial charge < -0.3 is 14.2 Å². The van der Waals surface area contributed by atoms with Gasteiger partial charge in [0.05, 0.1) is 19.1 Å². The molecule has 0 radical (unpaired) electrons. The van der Waals surface area contributed by atoms with Crippen LogP contribution in [-0.2, 0) is 11.3 Å². The average Bonchev–Trinajstić information content (AvgIpc) is 3.28. The van der Waals surface area contributed by atoms with E-state index in [2.05, 4.69) is 10.4 Å². The van der Waals surface area contributed by atoms with Crippen molar-refractivity contribution in [2.24, 2.45) is 0 Å². The van der Waals surface area contributed by atoms with Gasteiger partial charge in [-0.1, -0.05) is 0 Å². The van der Waals surface area contributed by atoms with Gasteiger partial charge in [0.1, 0.15) is 11.5 Å². The van der Waals surface area contributed by atoms with E-state index in [9.17, 15) is 9.59 Å². The summed E-state index contributed by atoms with van der Waals surface area (Å²) in [5, 5.41) is 6.91. The van der Waals surface area contributed by atoms with Gasteiger partial charge in [0.2, 0.25) is 5.91 Å². The van der Waals surface area contributed by atoms with Crippen molar-refractivity contribution in [3.05, 3.63) is 71.1 Å². The lowest BCUT2D eigenvalue weighted by molar-refractivity contribution is -0.116. The molecule has 0 aliphatic heterocycles. The molecule has 7 heteroatoms. The molecule has 0 aliphatic carbocycles. The molecule has 0 aromatic carbocycles. The summed E-state index contributed by atoms with van der Waals surface area (Å²) in [6.45, 7) is 0.531. The van der Waals surface area contributed by atoms with Crippen molar-refractivity contribution in [1.82, 2.24) is 15.1 Å². The summed E-state index contributed by atoms with van der Waals surface area (Å²) in [5.41, 5.74) is 0.314. The fourth-order valence-corrected chi connectivity index (χ4v) is 2.05. The second kappa shape index (κ2) is 7.28. The number of hydrogen-bond acceptors (Lipinski definition) is 5. The number of hydrogen-bond donors (Lipinski definition) is 1. The molecule has 0 bridgehead atoms. The van der Waals surface area contributed by atoms with E-state index in [1.807, 2.05) is 0 Å². The number of amides is 1. The zero-order valence-electron chi connectivity index (χ0n) is 12.7. The number of aromatic nitrogens is 2. The second-order valence-electron chi connectivity index (χ2n) is 4.90. The van der Waals surface area contributed by atoms with Crippen LogP contribution in [0.15, 0.2) is 68.6 Å². The van der Waals surface area contributed by atoms with Crippen molar-refractivity contribution in [2.75, 3.05) is 6.54 Å². The Kier molecular flexibility index (Phi) is 4.71. The molecule has 1 amide bonds. The lowest BCUT2D eigenvalue weighted by Crippen LogP contribution is -2.31. The molecule has 0 fully saturated rings. The first-order chi connectivity index (χ1) is 11.7. The smallest absolute Gasteiger partial charge is 0.266 e. The molecule has 3 rings (SSSR count). The minimum atomic E-state index is -0.276. The Morgan fingerprint density at radius 3 is 2.75 bits per heavy atom. The van der Waals surface area contributed by atoms with E-state index in [-0.39, 0.29) is 24.6 Å². The Balaban J connectivity index is 1.57. The van der Waals surface area contributed by atoms with E-state index in [1.54, 1.807) is 36.4 Å². The van der Waals surface area contributed by atoms with Gasteiger partial charge in [-0.05, 0) is 36.4 Å². The number of furan rings is 2. The molecule has 1 N–H and O–H groups in total. The molecule has 3 heterocycles. The maximum absolute atomic E-state index is 11.8. The summed E-state index contributed by atoms with van der Waals surface area (Å²) < 4.78 is 11.6. The first-order valence-electron chi connectivity index (χ1n) is 7.34. The average molecular weight is 325 g/mol. The Morgan fingerprint density at radius 2 is 2.00 bits per heavy atom. The van der Waals surface area contributed by atoms with E-state index in [4.69, 9.17) is 8.83 Å². The van der Waals surface area contributed by atoms with Crippen molar-refractivity contribution >= 4 is 12.0 Å². The second-order valence-corrected chi connectivity index (χ2v) is 4.90. The minimum absolute atomic E-state index is 0.245. The molecular formula is C17H15N3O4. The number of nitrogens with zero attached hydrogens (tertiary/aromatic N) is 2. The van der Waals surface area contributed by atoms with Crippen LogP contribution in [0.4, 0.5) is 0 Å². The summed E-state index contributed by atoms with van der Waals surface area (Å²) in [7, 11) is 0. The fraction of sp³-hybridized carbons (Fsp3) is 0.118. The highest BCUT2D eigenvalue weighted by molar-refractivity contribution is 5.91. The Labute approximate surface area is 137 Å². The van der Waals surface area contributed by atoms with Gasteiger partial charge in [-0.2, -0.15) is 5.10 Å². The third-order valence-corrected chi connectivity index (χ3v) is 3.21. The molecule has 0 saturated carbocycles. The number of rotatable bonds is 6. The monoisotopic (exact) mass is 325 g/mol.